The van der Waals surface area contributed by atoms with Crippen molar-refractivity contribution in [2.75, 3.05) is 13.1 Å². The molecular formula is C31H29N7O. The van der Waals surface area contributed by atoms with Crippen LogP contribution in [-0.2, 0) is 6.54 Å². The Balaban J connectivity index is 1.06. The van der Waals surface area contributed by atoms with Gasteiger partial charge < -0.3 is 4.42 Å². The Morgan fingerprint density at radius 2 is 1.69 bits per heavy atom. The number of hydrogen-bond donors (Lipinski definition) is 1. The van der Waals surface area contributed by atoms with Gasteiger partial charge in [-0.3, -0.25) is 10.00 Å². The Morgan fingerprint density at radius 3 is 2.46 bits per heavy atom. The van der Waals surface area contributed by atoms with E-state index in [-0.39, 0.29) is 0 Å². The van der Waals surface area contributed by atoms with E-state index in [1.807, 2.05) is 41.8 Å². The summed E-state index contributed by atoms with van der Waals surface area (Å²) in [4.78, 5) is 12.2. The summed E-state index contributed by atoms with van der Waals surface area (Å²) in [5.74, 6) is 2.68. The quantitative estimate of drug-likeness (QED) is 0.287. The molecule has 5 heterocycles. The molecule has 39 heavy (non-hydrogen) atoms. The van der Waals surface area contributed by atoms with Crippen LogP contribution in [0.3, 0.4) is 0 Å². The van der Waals surface area contributed by atoms with Crippen LogP contribution in [0, 0.1) is 6.92 Å². The number of H-pyrrole nitrogens is 1. The summed E-state index contributed by atoms with van der Waals surface area (Å²) in [6, 6.07) is 27.0. The van der Waals surface area contributed by atoms with E-state index in [1.54, 1.807) is 6.26 Å². The Kier molecular flexibility index (Phi) is 6.01. The minimum Gasteiger partial charge on any atom is -0.461 e. The Bertz CT molecular complexity index is 1690. The summed E-state index contributed by atoms with van der Waals surface area (Å²) in [5, 5.41) is 12.2. The standard InChI is InChI=1S/C31H29N7O/c1-21-9-14-27-32-28(29(38(27)36-21)24-6-3-2-4-7-24)23-12-10-22(11-13-23)20-37-17-15-25(16-18-37)30-33-31(35-34-30)26-8-5-19-39-26/h2-14,19,25H,15-18,20H2,1H3,(H,33,34,35). The highest BCUT2D eigenvalue weighted by Gasteiger charge is 2.24. The van der Waals surface area contributed by atoms with Crippen molar-refractivity contribution >= 4 is 5.65 Å². The second-order valence-corrected chi connectivity index (χ2v) is 10.2. The number of aromatic amines is 1. The number of nitrogens with one attached hydrogen (secondary N) is 1. The fourth-order valence-corrected chi connectivity index (χ4v) is 5.44. The SMILES string of the molecule is Cc1ccc2nc(-c3ccc(CN4CCC(c5nc(-c6ccco6)n[nH]5)CC4)cc3)c(-c3ccccc3)n2n1. The summed E-state index contributed by atoms with van der Waals surface area (Å²) in [5.41, 5.74) is 7.29. The first-order chi connectivity index (χ1) is 19.2. The van der Waals surface area contributed by atoms with E-state index in [0.717, 1.165) is 72.2 Å². The monoisotopic (exact) mass is 515 g/mol. The molecule has 1 N–H and O–H groups in total. The van der Waals surface area contributed by atoms with E-state index >= 15 is 0 Å². The number of likely N-dealkylation sites (tertiary alicyclic amines) is 1. The van der Waals surface area contributed by atoms with E-state index < -0.39 is 0 Å². The molecule has 1 aliphatic rings. The zero-order chi connectivity index (χ0) is 26.2. The molecule has 2 aromatic carbocycles. The van der Waals surface area contributed by atoms with Gasteiger partial charge in [0.15, 0.2) is 11.4 Å². The second-order valence-electron chi connectivity index (χ2n) is 10.2. The lowest BCUT2D eigenvalue weighted by atomic mass is 9.95. The molecule has 1 aliphatic heterocycles. The minimum absolute atomic E-state index is 0.392. The molecule has 0 radical (unpaired) electrons. The van der Waals surface area contributed by atoms with Crippen molar-refractivity contribution in [3.63, 3.8) is 0 Å². The number of nitrogens with zero attached hydrogens (tertiary/aromatic N) is 6. The predicted molar refractivity (Wildman–Crippen MR) is 150 cm³/mol. The zero-order valence-electron chi connectivity index (χ0n) is 21.8. The summed E-state index contributed by atoms with van der Waals surface area (Å²) < 4.78 is 7.39. The van der Waals surface area contributed by atoms with Gasteiger partial charge in [-0.05, 0) is 62.7 Å². The van der Waals surface area contributed by atoms with Crippen LogP contribution in [0.1, 0.15) is 35.8 Å². The van der Waals surface area contributed by atoms with E-state index in [4.69, 9.17) is 14.5 Å². The molecule has 0 saturated carbocycles. The minimum atomic E-state index is 0.392. The maximum absolute atomic E-state index is 5.43. The fourth-order valence-electron chi connectivity index (χ4n) is 5.44. The second kappa shape index (κ2) is 9.96. The Labute approximate surface area is 226 Å². The molecule has 0 bridgehead atoms. The maximum Gasteiger partial charge on any atom is 0.216 e. The maximum atomic E-state index is 5.43. The molecule has 194 valence electrons. The average Bonchev–Trinajstić information content (AvgIpc) is 3.74. The molecule has 8 heteroatoms. The van der Waals surface area contributed by atoms with Gasteiger partial charge in [-0.25, -0.2) is 14.5 Å². The third kappa shape index (κ3) is 4.64. The van der Waals surface area contributed by atoms with Crippen molar-refractivity contribution in [2.24, 2.45) is 0 Å². The molecule has 0 amide bonds. The van der Waals surface area contributed by atoms with Gasteiger partial charge in [0.1, 0.15) is 11.5 Å². The molecule has 6 aromatic rings. The summed E-state index contributed by atoms with van der Waals surface area (Å²) >= 11 is 0. The highest BCUT2D eigenvalue weighted by Crippen LogP contribution is 2.33. The largest absolute Gasteiger partial charge is 0.461 e. The smallest absolute Gasteiger partial charge is 0.216 e. The van der Waals surface area contributed by atoms with Gasteiger partial charge in [0.25, 0.3) is 0 Å². The van der Waals surface area contributed by atoms with Gasteiger partial charge in [0, 0.05) is 23.6 Å². The summed E-state index contributed by atoms with van der Waals surface area (Å²) in [6.07, 6.45) is 3.76. The summed E-state index contributed by atoms with van der Waals surface area (Å²) in [6.45, 7) is 4.99. The highest BCUT2D eigenvalue weighted by atomic mass is 16.3. The third-order valence-electron chi connectivity index (χ3n) is 7.51. The molecule has 4 aromatic heterocycles. The molecule has 0 atom stereocenters. The molecule has 1 saturated heterocycles. The number of benzene rings is 2. The van der Waals surface area contributed by atoms with Gasteiger partial charge >= 0.3 is 0 Å². The number of rotatable bonds is 6. The first kappa shape index (κ1) is 23.5. The number of hydrogen-bond acceptors (Lipinski definition) is 6. The molecule has 0 spiro atoms. The van der Waals surface area contributed by atoms with Crippen LogP contribution < -0.4 is 0 Å². The van der Waals surface area contributed by atoms with Crippen molar-refractivity contribution in [2.45, 2.75) is 32.2 Å². The van der Waals surface area contributed by atoms with Gasteiger partial charge in [-0.15, -0.1) is 0 Å². The van der Waals surface area contributed by atoms with Crippen LogP contribution in [0.25, 0.3) is 39.7 Å². The van der Waals surface area contributed by atoms with Gasteiger partial charge in [-0.1, -0.05) is 54.6 Å². The van der Waals surface area contributed by atoms with Crippen molar-refractivity contribution in [1.29, 1.82) is 0 Å². The number of fused-ring (bicyclic) bond motifs is 1. The van der Waals surface area contributed by atoms with Crippen LogP contribution >= 0.6 is 0 Å². The van der Waals surface area contributed by atoms with Crippen LogP contribution in [0.5, 0.6) is 0 Å². The number of furan rings is 1. The van der Waals surface area contributed by atoms with E-state index in [2.05, 4.69) is 68.6 Å². The van der Waals surface area contributed by atoms with Crippen LogP contribution in [-0.4, -0.2) is 47.8 Å². The van der Waals surface area contributed by atoms with Gasteiger partial charge in [0.2, 0.25) is 5.82 Å². The van der Waals surface area contributed by atoms with Crippen LogP contribution in [0.15, 0.2) is 89.5 Å². The van der Waals surface area contributed by atoms with Crippen LogP contribution in [0.4, 0.5) is 0 Å². The Morgan fingerprint density at radius 1 is 0.872 bits per heavy atom. The lowest BCUT2D eigenvalue weighted by Crippen LogP contribution is -2.32. The van der Waals surface area contributed by atoms with Gasteiger partial charge in [-0.2, -0.15) is 10.2 Å². The number of imidazole rings is 1. The van der Waals surface area contributed by atoms with Crippen molar-refractivity contribution < 1.29 is 4.42 Å². The normalized spacial score (nSPS) is 14.8. The van der Waals surface area contributed by atoms with Crippen molar-refractivity contribution in [3.05, 3.63) is 102 Å². The highest BCUT2D eigenvalue weighted by molar-refractivity contribution is 5.81. The van der Waals surface area contributed by atoms with Crippen molar-refractivity contribution in [1.82, 2.24) is 34.7 Å². The molecule has 0 aliphatic carbocycles. The van der Waals surface area contributed by atoms with E-state index in [0.29, 0.717) is 17.5 Å². The number of aryl methyl sites for hydroxylation is 1. The lowest BCUT2D eigenvalue weighted by Gasteiger charge is -2.30. The molecule has 7 rings (SSSR count). The molecule has 8 nitrogen and oxygen atoms in total. The Hall–Kier alpha value is -4.56. The third-order valence-corrected chi connectivity index (χ3v) is 7.51. The predicted octanol–water partition coefficient (Wildman–Crippen LogP) is 6.13. The van der Waals surface area contributed by atoms with E-state index in [9.17, 15) is 0 Å². The topological polar surface area (TPSA) is 88.1 Å². The van der Waals surface area contributed by atoms with E-state index in [1.165, 1.54) is 5.56 Å². The fraction of sp³-hybridized carbons (Fsp3) is 0.226. The van der Waals surface area contributed by atoms with Gasteiger partial charge in [0.05, 0.1) is 17.7 Å². The molecular weight excluding hydrogens is 486 g/mol. The zero-order valence-corrected chi connectivity index (χ0v) is 21.8. The first-order valence-electron chi connectivity index (χ1n) is 13.4. The summed E-state index contributed by atoms with van der Waals surface area (Å²) in [7, 11) is 0. The molecule has 1 fully saturated rings. The average molecular weight is 516 g/mol. The first-order valence-corrected chi connectivity index (χ1v) is 13.4. The number of aromatic nitrogens is 6. The van der Waals surface area contributed by atoms with Crippen LogP contribution in [0.2, 0.25) is 0 Å². The number of piperidine rings is 1. The lowest BCUT2D eigenvalue weighted by molar-refractivity contribution is 0.202. The molecule has 0 unspecified atom stereocenters. The van der Waals surface area contributed by atoms with Crippen molar-refractivity contribution in [3.8, 4) is 34.1 Å².